The number of imidazole rings is 1. The third-order valence-electron chi connectivity index (χ3n) is 2.77. The number of hydrogen-bond donors (Lipinski definition) is 0. The minimum atomic E-state index is 0.408. The molecule has 0 aliphatic heterocycles. The standard InChI is InChI=1S/C10H14N2O/c1-12-7-6-11-10(12)8-2-4-9(13)5-3-8/h6-8H,2-5H2,1H3. The van der Waals surface area contributed by atoms with Crippen LogP contribution in [-0.2, 0) is 11.8 Å². The van der Waals surface area contributed by atoms with Gasteiger partial charge in [-0.15, -0.1) is 0 Å². The molecule has 1 fully saturated rings. The summed E-state index contributed by atoms with van der Waals surface area (Å²) < 4.78 is 2.06. The van der Waals surface area contributed by atoms with Gasteiger partial charge in [0.05, 0.1) is 0 Å². The number of aryl methyl sites for hydroxylation is 1. The summed E-state index contributed by atoms with van der Waals surface area (Å²) in [6, 6.07) is 0. The number of rotatable bonds is 1. The number of hydrogen-bond acceptors (Lipinski definition) is 2. The van der Waals surface area contributed by atoms with Gasteiger partial charge in [0.15, 0.2) is 0 Å². The van der Waals surface area contributed by atoms with Gasteiger partial charge in [0.1, 0.15) is 11.6 Å². The zero-order chi connectivity index (χ0) is 9.26. The fourth-order valence-corrected chi connectivity index (χ4v) is 1.97. The molecule has 1 aliphatic rings. The summed E-state index contributed by atoms with van der Waals surface area (Å²) in [7, 11) is 2.01. The van der Waals surface area contributed by atoms with Crippen molar-refractivity contribution in [1.82, 2.24) is 9.55 Å². The van der Waals surface area contributed by atoms with Crippen LogP contribution in [0.3, 0.4) is 0 Å². The lowest BCUT2D eigenvalue weighted by Crippen LogP contribution is -2.15. The Labute approximate surface area is 77.8 Å². The van der Waals surface area contributed by atoms with Gasteiger partial charge in [-0.2, -0.15) is 0 Å². The van der Waals surface area contributed by atoms with Crippen LogP contribution in [-0.4, -0.2) is 15.3 Å². The molecule has 0 unspecified atom stereocenters. The fourth-order valence-electron chi connectivity index (χ4n) is 1.97. The van der Waals surface area contributed by atoms with E-state index in [1.807, 2.05) is 19.4 Å². The van der Waals surface area contributed by atoms with Crippen LogP contribution in [0.4, 0.5) is 0 Å². The van der Waals surface area contributed by atoms with Crippen LogP contribution in [0.25, 0.3) is 0 Å². The third kappa shape index (κ3) is 1.64. The molecule has 3 heteroatoms. The molecular weight excluding hydrogens is 164 g/mol. The molecule has 0 atom stereocenters. The first-order valence-corrected chi connectivity index (χ1v) is 4.76. The van der Waals surface area contributed by atoms with E-state index in [-0.39, 0.29) is 0 Å². The highest BCUT2D eigenvalue weighted by atomic mass is 16.1. The van der Waals surface area contributed by atoms with Crippen molar-refractivity contribution >= 4 is 5.78 Å². The lowest BCUT2D eigenvalue weighted by atomic mass is 9.88. The van der Waals surface area contributed by atoms with E-state index >= 15 is 0 Å². The van der Waals surface area contributed by atoms with Gasteiger partial charge >= 0.3 is 0 Å². The molecule has 1 aliphatic carbocycles. The molecule has 0 bridgehead atoms. The zero-order valence-corrected chi connectivity index (χ0v) is 7.86. The number of ketones is 1. The molecule has 0 amide bonds. The van der Waals surface area contributed by atoms with Crippen LogP contribution in [0.15, 0.2) is 12.4 Å². The van der Waals surface area contributed by atoms with E-state index in [0.29, 0.717) is 11.7 Å². The number of carbonyl (C=O) groups is 1. The van der Waals surface area contributed by atoms with E-state index < -0.39 is 0 Å². The molecule has 1 aromatic rings. The van der Waals surface area contributed by atoms with E-state index in [4.69, 9.17) is 0 Å². The Bertz CT molecular complexity index is 306. The topological polar surface area (TPSA) is 34.9 Å². The van der Waals surface area contributed by atoms with Gasteiger partial charge in [-0.25, -0.2) is 4.98 Å². The molecule has 0 saturated heterocycles. The average molecular weight is 178 g/mol. The van der Waals surface area contributed by atoms with Gasteiger partial charge < -0.3 is 4.57 Å². The molecule has 70 valence electrons. The highest BCUT2D eigenvalue weighted by molar-refractivity contribution is 5.79. The van der Waals surface area contributed by atoms with Crippen molar-refractivity contribution in [1.29, 1.82) is 0 Å². The van der Waals surface area contributed by atoms with Crippen LogP contribution in [0.5, 0.6) is 0 Å². The normalized spacial score (nSPS) is 19.3. The Morgan fingerprint density at radius 1 is 1.46 bits per heavy atom. The molecule has 0 N–H and O–H groups in total. The van der Waals surface area contributed by atoms with E-state index in [1.165, 1.54) is 0 Å². The van der Waals surface area contributed by atoms with E-state index in [0.717, 1.165) is 31.5 Å². The first-order chi connectivity index (χ1) is 6.27. The lowest BCUT2D eigenvalue weighted by Gasteiger charge is -2.20. The third-order valence-corrected chi connectivity index (χ3v) is 2.77. The molecule has 0 aromatic carbocycles. The van der Waals surface area contributed by atoms with E-state index in [2.05, 4.69) is 9.55 Å². The lowest BCUT2D eigenvalue weighted by molar-refractivity contribution is -0.120. The molecule has 0 radical (unpaired) electrons. The summed E-state index contributed by atoms with van der Waals surface area (Å²) in [6.07, 6.45) is 7.21. The first-order valence-electron chi connectivity index (χ1n) is 4.76. The maximum atomic E-state index is 11.0. The summed E-state index contributed by atoms with van der Waals surface area (Å²) in [5.74, 6) is 2.04. The van der Waals surface area contributed by atoms with Gasteiger partial charge in [-0.1, -0.05) is 0 Å². The highest BCUT2D eigenvalue weighted by Gasteiger charge is 2.22. The number of carbonyl (C=O) groups excluding carboxylic acids is 1. The Kier molecular flexibility index (Phi) is 2.17. The van der Waals surface area contributed by atoms with Crippen molar-refractivity contribution in [3.8, 4) is 0 Å². The van der Waals surface area contributed by atoms with Crippen molar-refractivity contribution < 1.29 is 4.79 Å². The van der Waals surface area contributed by atoms with Gasteiger partial charge in [-0.05, 0) is 12.8 Å². The Morgan fingerprint density at radius 2 is 2.15 bits per heavy atom. The van der Waals surface area contributed by atoms with E-state index in [1.54, 1.807) is 0 Å². The smallest absolute Gasteiger partial charge is 0.132 e. The molecule has 13 heavy (non-hydrogen) atoms. The zero-order valence-electron chi connectivity index (χ0n) is 7.86. The first kappa shape index (κ1) is 8.48. The quantitative estimate of drug-likeness (QED) is 0.655. The highest BCUT2D eigenvalue weighted by Crippen LogP contribution is 2.29. The van der Waals surface area contributed by atoms with Gasteiger partial charge in [0.2, 0.25) is 0 Å². The molecule has 3 nitrogen and oxygen atoms in total. The Morgan fingerprint density at radius 3 is 2.69 bits per heavy atom. The largest absolute Gasteiger partial charge is 0.338 e. The summed E-state index contributed by atoms with van der Waals surface area (Å²) >= 11 is 0. The van der Waals surface area contributed by atoms with Crippen LogP contribution in [0.2, 0.25) is 0 Å². The SMILES string of the molecule is Cn1ccnc1C1CCC(=O)CC1. The fraction of sp³-hybridized carbons (Fsp3) is 0.600. The van der Waals surface area contributed by atoms with Crippen molar-refractivity contribution in [2.45, 2.75) is 31.6 Å². The summed E-state index contributed by atoms with van der Waals surface area (Å²) in [4.78, 5) is 15.4. The maximum absolute atomic E-state index is 11.0. The average Bonchev–Trinajstić information content (AvgIpc) is 2.53. The van der Waals surface area contributed by atoms with Crippen molar-refractivity contribution in [2.75, 3.05) is 0 Å². The van der Waals surface area contributed by atoms with Gasteiger partial charge in [0.25, 0.3) is 0 Å². The monoisotopic (exact) mass is 178 g/mol. The second-order valence-electron chi connectivity index (χ2n) is 3.71. The molecule has 1 aromatic heterocycles. The van der Waals surface area contributed by atoms with Crippen LogP contribution in [0, 0.1) is 0 Å². The number of Topliss-reactive ketones (excluding diaryl/α,β-unsaturated/α-hetero) is 1. The summed E-state index contributed by atoms with van der Waals surface area (Å²) in [6.45, 7) is 0. The Balaban J connectivity index is 2.10. The number of aromatic nitrogens is 2. The van der Waals surface area contributed by atoms with Crippen LogP contribution in [0.1, 0.15) is 37.4 Å². The molecule has 0 spiro atoms. The summed E-state index contributed by atoms with van der Waals surface area (Å²) in [5, 5.41) is 0. The van der Waals surface area contributed by atoms with Crippen LogP contribution >= 0.6 is 0 Å². The van der Waals surface area contributed by atoms with Crippen molar-refractivity contribution in [3.05, 3.63) is 18.2 Å². The second kappa shape index (κ2) is 3.32. The Hall–Kier alpha value is -1.12. The predicted octanol–water partition coefficient (Wildman–Crippen LogP) is 1.65. The van der Waals surface area contributed by atoms with Crippen LogP contribution < -0.4 is 0 Å². The molecule has 1 heterocycles. The van der Waals surface area contributed by atoms with E-state index in [9.17, 15) is 4.79 Å². The van der Waals surface area contributed by atoms with Gasteiger partial charge in [-0.3, -0.25) is 4.79 Å². The maximum Gasteiger partial charge on any atom is 0.132 e. The summed E-state index contributed by atoms with van der Waals surface area (Å²) in [5.41, 5.74) is 0. The molecule has 1 saturated carbocycles. The number of nitrogens with zero attached hydrogens (tertiary/aromatic N) is 2. The minimum Gasteiger partial charge on any atom is -0.338 e. The molecule has 2 rings (SSSR count). The molecular formula is C10H14N2O. The van der Waals surface area contributed by atoms with Crippen molar-refractivity contribution in [2.24, 2.45) is 7.05 Å². The second-order valence-corrected chi connectivity index (χ2v) is 3.71. The predicted molar refractivity (Wildman–Crippen MR) is 49.4 cm³/mol. The van der Waals surface area contributed by atoms with Gasteiger partial charge in [0, 0.05) is 38.2 Å². The minimum absolute atomic E-state index is 0.408. The van der Waals surface area contributed by atoms with Crippen molar-refractivity contribution in [3.63, 3.8) is 0 Å².